The average Bonchev–Trinajstić information content (AvgIpc) is 3.14. The van der Waals surface area contributed by atoms with Gasteiger partial charge in [0.1, 0.15) is 16.8 Å². The zero-order valence-corrected chi connectivity index (χ0v) is 12.1. The monoisotopic (exact) mass is 296 g/mol. The third-order valence-corrected chi connectivity index (χ3v) is 3.88. The van der Waals surface area contributed by atoms with Crippen LogP contribution < -0.4 is 4.74 Å². The number of rotatable bonds is 3. The smallest absolute Gasteiger partial charge is 0.160 e. The van der Waals surface area contributed by atoms with Crippen molar-refractivity contribution in [2.24, 2.45) is 0 Å². The first kappa shape index (κ1) is 12.3. The summed E-state index contributed by atoms with van der Waals surface area (Å²) in [4.78, 5) is 9.22. The highest BCUT2D eigenvalue weighted by Gasteiger charge is 2.11. The van der Waals surface area contributed by atoms with Crippen molar-refractivity contribution in [3.05, 3.63) is 36.4 Å². The molecule has 4 aromatic rings. The summed E-state index contributed by atoms with van der Waals surface area (Å²) in [6.45, 7) is 2.63. The maximum atomic E-state index is 5.45. The van der Waals surface area contributed by atoms with Crippen LogP contribution in [0.25, 0.3) is 33.5 Å². The van der Waals surface area contributed by atoms with Gasteiger partial charge in [-0.05, 0) is 43.3 Å². The molecule has 0 saturated heterocycles. The van der Waals surface area contributed by atoms with Gasteiger partial charge >= 0.3 is 0 Å². The number of aromatic amines is 1. The van der Waals surface area contributed by atoms with Crippen LogP contribution in [0.5, 0.6) is 5.75 Å². The van der Waals surface area contributed by atoms with E-state index in [4.69, 9.17) is 4.74 Å². The summed E-state index contributed by atoms with van der Waals surface area (Å²) in [5, 5.41) is 0. The van der Waals surface area contributed by atoms with E-state index in [1.54, 1.807) is 0 Å². The lowest BCUT2D eigenvalue weighted by Gasteiger charge is -2.02. The van der Waals surface area contributed by atoms with Crippen LogP contribution in [0.1, 0.15) is 6.92 Å². The molecule has 0 fully saturated rings. The fourth-order valence-electron chi connectivity index (χ4n) is 2.30. The summed E-state index contributed by atoms with van der Waals surface area (Å²) in [5.74, 6) is 1.57. The Kier molecular flexibility index (Phi) is 2.82. The molecule has 0 unspecified atom stereocenters. The van der Waals surface area contributed by atoms with Crippen molar-refractivity contribution in [3.8, 4) is 17.1 Å². The maximum Gasteiger partial charge on any atom is 0.160 e. The number of nitrogens with one attached hydrogen (secondary N) is 1. The number of benzene rings is 2. The van der Waals surface area contributed by atoms with Crippen molar-refractivity contribution in [2.45, 2.75) is 6.92 Å². The largest absolute Gasteiger partial charge is 0.494 e. The van der Waals surface area contributed by atoms with E-state index in [2.05, 4.69) is 18.7 Å². The first-order valence-corrected chi connectivity index (χ1v) is 7.46. The molecule has 2 aromatic carbocycles. The van der Waals surface area contributed by atoms with Crippen LogP contribution in [0.3, 0.4) is 0 Å². The molecule has 2 aromatic heterocycles. The molecular formula is C15H12N4OS. The second-order valence-electron chi connectivity index (χ2n) is 4.62. The predicted molar refractivity (Wildman–Crippen MR) is 83.7 cm³/mol. The number of hydrogen-bond donors (Lipinski definition) is 1. The maximum absolute atomic E-state index is 5.45. The van der Waals surface area contributed by atoms with Gasteiger partial charge in [0.05, 0.1) is 17.6 Å². The highest BCUT2D eigenvalue weighted by molar-refractivity contribution is 7.00. The van der Waals surface area contributed by atoms with Crippen LogP contribution in [-0.2, 0) is 0 Å². The second kappa shape index (κ2) is 4.82. The van der Waals surface area contributed by atoms with Gasteiger partial charge in [0.25, 0.3) is 0 Å². The fraction of sp³-hybridized carbons (Fsp3) is 0.133. The van der Waals surface area contributed by atoms with Crippen LogP contribution >= 0.6 is 11.7 Å². The van der Waals surface area contributed by atoms with E-state index in [-0.39, 0.29) is 0 Å². The van der Waals surface area contributed by atoms with Crippen LogP contribution in [-0.4, -0.2) is 25.3 Å². The quantitative estimate of drug-likeness (QED) is 0.627. The van der Waals surface area contributed by atoms with Crippen LogP contribution in [0.15, 0.2) is 36.4 Å². The number of imidazole rings is 1. The number of nitrogens with zero attached hydrogens (tertiary/aromatic N) is 3. The molecule has 0 saturated carbocycles. The van der Waals surface area contributed by atoms with Gasteiger partial charge in [-0.1, -0.05) is 0 Å². The lowest BCUT2D eigenvalue weighted by atomic mass is 10.2. The molecule has 5 nitrogen and oxygen atoms in total. The van der Waals surface area contributed by atoms with E-state index < -0.39 is 0 Å². The van der Waals surface area contributed by atoms with Gasteiger partial charge in [-0.25, -0.2) is 9.97 Å². The van der Waals surface area contributed by atoms with Gasteiger partial charge < -0.3 is 4.74 Å². The van der Waals surface area contributed by atoms with Gasteiger partial charge in [0.15, 0.2) is 5.82 Å². The molecule has 2 heterocycles. The molecule has 0 amide bonds. The normalized spacial score (nSPS) is 11.3. The average molecular weight is 296 g/mol. The standard InChI is InChI=1S/C15H12N4OS/c1-2-20-10-5-3-9(4-6-10)15-16-11-7-8-12-14(13(11)17-15)19-21-18-12/h3-8,18H,2H2,1H3. The molecule has 4 rings (SSSR count). The molecular weight excluding hydrogens is 284 g/mol. The molecule has 0 aliphatic heterocycles. The first-order valence-electron chi connectivity index (χ1n) is 6.69. The van der Waals surface area contributed by atoms with Gasteiger partial charge in [-0.2, -0.15) is 4.37 Å². The van der Waals surface area contributed by atoms with Gasteiger partial charge in [0.2, 0.25) is 0 Å². The van der Waals surface area contributed by atoms with E-state index in [1.807, 2.05) is 43.3 Å². The third kappa shape index (κ3) is 2.04. The minimum atomic E-state index is 0.661. The van der Waals surface area contributed by atoms with Crippen LogP contribution in [0.2, 0.25) is 0 Å². The zero-order chi connectivity index (χ0) is 14.2. The zero-order valence-electron chi connectivity index (χ0n) is 11.3. The Morgan fingerprint density at radius 1 is 1.05 bits per heavy atom. The lowest BCUT2D eigenvalue weighted by Crippen LogP contribution is -1.90. The molecule has 0 radical (unpaired) electrons. The Morgan fingerprint density at radius 3 is 2.71 bits per heavy atom. The van der Waals surface area contributed by atoms with Crippen molar-refractivity contribution in [3.63, 3.8) is 0 Å². The molecule has 6 heteroatoms. The molecule has 0 spiro atoms. The van der Waals surface area contributed by atoms with E-state index in [0.29, 0.717) is 12.4 Å². The molecule has 0 aliphatic carbocycles. The van der Waals surface area contributed by atoms with E-state index in [9.17, 15) is 0 Å². The predicted octanol–water partition coefficient (Wildman–Crippen LogP) is 3.63. The minimum Gasteiger partial charge on any atom is -0.494 e. The number of fused-ring (bicyclic) bond motifs is 3. The van der Waals surface area contributed by atoms with E-state index in [1.165, 1.54) is 11.7 Å². The Hall–Kier alpha value is -2.47. The molecule has 104 valence electrons. The summed E-state index contributed by atoms with van der Waals surface area (Å²) in [6.07, 6.45) is 0. The lowest BCUT2D eigenvalue weighted by molar-refractivity contribution is 0.340. The van der Waals surface area contributed by atoms with E-state index in [0.717, 1.165) is 33.4 Å². The Balaban J connectivity index is 1.82. The van der Waals surface area contributed by atoms with Crippen LogP contribution in [0, 0.1) is 0 Å². The van der Waals surface area contributed by atoms with Crippen molar-refractivity contribution in [1.82, 2.24) is 18.7 Å². The highest BCUT2D eigenvalue weighted by Crippen LogP contribution is 2.26. The topological polar surface area (TPSA) is 63.7 Å². The summed E-state index contributed by atoms with van der Waals surface area (Å²) in [5.41, 5.74) is 4.55. The van der Waals surface area contributed by atoms with E-state index >= 15 is 0 Å². The van der Waals surface area contributed by atoms with Crippen molar-refractivity contribution < 1.29 is 4.74 Å². The Morgan fingerprint density at radius 2 is 1.90 bits per heavy atom. The first-order chi connectivity index (χ1) is 10.3. The number of ether oxygens (including phenoxy) is 1. The van der Waals surface area contributed by atoms with Gasteiger partial charge in [-0.15, -0.1) is 0 Å². The third-order valence-electron chi connectivity index (χ3n) is 3.29. The highest BCUT2D eigenvalue weighted by atomic mass is 32.1. The molecule has 0 bridgehead atoms. The molecule has 0 aliphatic rings. The minimum absolute atomic E-state index is 0.661. The Bertz CT molecular complexity index is 910. The number of H-pyrrole nitrogens is 1. The van der Waals surface area contributed by atoms with Gasteiger partial charge in [-0.3, -0.25) is 4.37 Å². The van der Waals surface area contributed by atoms with Gasteiger partial charge in [0, 0.05) is 17.3 Å². The van der Waals surface area contributed by atoms with Crippen molar-refractivity contribution >= 4 is 33.8 Å². The SMILES string of the molecule is CCOc1ccc(-c2nc3ccc4[nH]snc4c3n2)cc1. The number of hydrogen-bond acceptors (Lipinski definition) is 5. The molecule has 0 atom stereocenters. The summed E-state index contributed by atoms with van der Waals surface area (Å²) in [6, 6.07) is 11.8. The van der Waals surface area contributed by atoms with Crippen LogP contribution in [0.4, 0.5) is 0 Å². The Labute approximate surface area is 124 Å². The summed E-state index contributed by atoms with van der Waals surface area (Å²) < 4.78 is 12.9. The number of aromatic nitrogens is 4. The van der Waals surface area contributed by atoms with Crippen molar-refractivity contribution in [2.75, 3.05) is 6.61 Å². The second-order valence-corrected chi connectivity index (χ2v) is 5.19. The molecule has 1 N–H and O–H groups in total. The fourth-order valence-corrected chi connectivity index (χ4v) is 2.89. The molecule has 21 heavy (non-hydrogen) atoms. The summed E-state index contributed by atoms with van der Waals surface area (Å²) in [7, 11) is 0. The summed E-state index contributed by atoms with van der Waals surface area (Å²) >= 11 is 1.32. The van der Waals surface area contributed by atoms with Crippen molar-refractivity contribution in [1.29, 1.82) is 0 Å².